The molecule has 0 bridgehead atoms. The number of aliphatic carboxylic acids is 3. The van der Waals surface area contributed by atoms with E-state index in [0.29, 0.717) is 12.8 Å². The predicted molar refractivity (Wildman–Crippen MR) is 191 cm³/mol. The van der Waals surface area contributed by atoms with E-state index in [1.54, 1.807) is 20.8 Å². The minimum absolute atomic E-state index is 0.0375. The third-order valence-electron chi connectivity index (χ3n) is 8.57. The third-order valence-corrected chi connectivity index (χ3v) is 8.57. The third kappa shape index (κ3) is 16.4. The van der Waals surface area contributed by atoms with Gasteiger partial charge in [0, 0.05) is 32.9 Å². The van der Waals surface area contributed by atoms with Gasteiger partial charge in [0.1, 0.15) is 36.8 Å². The summed E-state index contributed by atoms with van der Waals surface area (Å²) in [6.07, 6.45) is -1.49. The highest BCUT2D eigenvalue weighted by molar-refractivity contribution is 6.38. The van der Waals surface area contributed by atoms with Crippen molar-refractivity contribution in [1.29, 1.82) is 0 Å². The minimum atomic E-state index is -1.60. The molecule has 7 amide bonds. The molecule has 1 fully saturated rings. The van der Waals surface area contributed by atoms with E-state index in [9.17, 15) is 63.0 Å². The number of nitrogens with zero attached hydrogens (tertiary/aromatic N) is 1. The highest BCUT2D eigenvalue weighted by Crippen LogP contribution is 2.21. The van der Waals surface area contributed by atoms with Crippen LogP contribution < -0.4 is 31.9 Å². The summed E-state index contributed by atoms with van der Waals surface area (Å²) in [5, 5.41) is 50.6. The zero-order valence-electron chi connectivity index (χ0n) is 31.8. The van der Waals surface area contributed by atoms with Crippen LogP contribution in [0.4, 0.5) is 0 Å². The minimum Gasteiger partial charge on any atom is -0.481 e. The van der Waals surface area contributed by atoms with Crippen LogP contribution in [-0.4, -0.2) is 146 Å². The molecule has 10 N–H and O–H groups in total. The summed E-state index contributed by atoms with van der Waals surface area (Å²) >= 11 is 0. The number of rotatable bonds is 25. The Morgan fingerprint density at radius 2 is 1.20 bits per heavy atom. The number of carbonyl (C=O) groups is 11. The highest BCUT2D eigenvalue weighted by atomic mass is 16.4. The lowest BCUT2D eigenvalue weighted by molar-refractivity contribution is -0.145. The van der Waals surface area contributed by atoms with E-state index >= 15 is 0 Å². The number of nitrogens with one attached hydrogen (secondary N) is 6. The molecule has 0 aliphatic carbocycles. The average molecular weight is 800 g/mol. The van der Waals surface area contributed by atoms with E-state index in [1.165, 1.54) is 4.90 Å². The van der Waals surface area contributed by atoms with Crippen LogP contribution in [0.25, 0.3) is 0 Å². The fourth-order valence-corrected chi connectivity index (χ4v) is 5.74. The Kier molecular flexibility index (Phi) is 20.7. The molecular weight excluding hydrogens is 746 g/mol. The molecule has 0 radical (unpaired) electrons. The summed E-state index contributed by atoms with van der Waals surface area (Å²) in [6.45, 7) is 4.56. The van der Waals surface area contributed by atoms with E-state index in [-0.39, 0.29) is 25.8 Å². The summed E-state index contributed by atoms with van der Waals surface area (Å²) in [4.78, 5) is 138. The summed E-state index contributed by atoms with van der Waals surface area (Å²) in [6, 6.07) is -8.26. The number of aliphatic hydroxyl groups excluding tert-OH is 1. The number of carbonyl (C=O) groups excluding carboxylic acids is 8. The predicted octanol–water partition coefficient (Wildman–Crippen LogP) is -3.24. The van der Waals surface area contributed by atoms with Crippen LogP contribution in [0, 0.1) is 5.92 Å². The van der Waals surface area contributed by atoms with E-state index < -0.39 is 146 Å². The Morgan fingerprint density at radius 3 is 1.66 bits per heavy atom. The number of hydrogen-bond acceptors (Lipinski definition) is 12. The van der Waals surface area contributed by atoms with Gasteiger partial charge in [0.05, 0.1) is 6.04 Å². The van der Waals surface area contributed by atoms with Crippen LogP contribution in [0.2, 0.25) is 0 Å². The molecule has 56 heavy (non-hydrogen) atoms. The summed E-state index contributed by atoms with van der Waals surface area (Å²) in [5.74, 6) is -12.1. The molecule has 1 heterocycles. The van der Waals surface area contributed by atoms with Crippen molar-refractivity contribution >= 4 is 65.0 Å². The van der Waals surface area contributed by atoms with Crippen molar-refractivity contribution in [3.05, 3.63) is 0 Å². The second kappa shape index (κ2) is 24.0. The fraction of sp³-hybridized carbons (Fsp3) is 0.676. The molecule has 22 nitrogen and oxygen atoms in total. The smallest absolute Gasteiger partial charge is 0.322 e. The Morgan fingerprint density at radius 1 is 0.679 bits per heavy atom. The first-order chi connectivity index (χ1) is 26.2. The lowest BCUT2D eigenvalue weighted by atomic mass is 10.0. The molecule has 1 unspecified atom stereocenters. The van der Waals surface area contributed by atoms with Gasteiger partial charge >= 0.3 is 17.9 Å². The second-order valence-electron chi connectivity index (χ2n) is 13.5. The van der Waals surface area contributed by atoms with Crippen molar-refractivity contribution in [2.24, 2.45) is 5.92 Å². The largest absolute Gasteiger partial charge is 0.481 e. The van der Waals surface area contributed by atoms with Gasteiger partial charge in [-0.1, -0.05) is 27.2 Å². The molecule has 1 saturated heterocycles. The Hall–Kier alpha value is -5.67. The van der Waals surface area contributed by atoms with Crippen LogP contribution in [0.5, 0.6) is 0 Å². The molecule has 1 rings (SSSR count). The van der Waals surface area contributed by atoms with Gasteiger partial charge in [0.15, 0.2) is 0 Å². The maximum absolute atomic E-state index is 13.9. The maximum Gasteiger partial charge on any atom is 0.322 e. The van der Waals surface area contributed by atoms with Gasteiger partial charge < -0.3 is 57.2 Å². The van der Waals surface area contributed by atoms with Gasteiger partial charge in [-0.2, -0.15) is 0 Å². The summed E-state index contributed by atoms with van der Waals surface area (Å²) < 4.78 is 0. The number of hydrogen-bond donors (Lipinski definition) is 10. The van der Waals surface area contributed by atoms with Crippen molar-refractivity contribution in [2.75, 3.05) is 19.7 Å². The van der Waals surface area contributed by atoms with Gasteiger partial charge in [0.2, 0.25) is 41.2 Å². The highest BCUT2D eigenvalue weighted by Gasteiger charge is 2.41. The molecule has 0 aromatic heterocycles. The second-order valence-corrected chi connectivity index (χ2v) is 13.5. The Bertz CT molecular complexity index is 1490. The maximum atomic E-state index is 13.9. The summed E-state index contributed by atoms with van der Waals surface area (Å²) in [5.41, 5.74) is 0. The van der Waals surface area contributed by atoms with Crippen molar-refractivity contribution < 1.29 is 73.2 Å². The first kappa shape index (κ1) is 48.3. The number of ketones is 1. The van der Waals surface area contributed by atoms with Gasteiger partial charge in [0.25, 0.3) is 5.91 Å². The van der Waals surface area contributed by atoms with Crippen molar-refractivity contribution in [2.45, 2.75) is 122 Å². The first-order valence-electron chi connectivity index (χ1n) is 18.1. The molecule has 0 saturated carbocycles. The van der Waals surface area contributed by atoms with E-state index in [2.05, 4.69) is 26.6 Å². The van der Waals surface area contributed by atoms with Crippen LogP contribution in [-0.2, 0) is 52.7 Å². The van der Waals surface area contributed by atoms with Gasteiger partial charge in [-0.15, -0.1) is 0 Å². The zero-order valence-corrected chi connectivity index (χ0v) is 31.8. The molecule has 0 spiro atoms. The monoisotopic (exact) mass is 799 g/mol. The number of aliphatic hydroxyl groups is 1. The van der Waals surface area contributed by atoms with Crippen LogP contribution in [0.3, 0.4) is 0 Å². The van der Waals surface area contributed by atoms with Gasteiger partial charge in [-0.3, -0.25) is 52.7 Å². The lowest BCUT2D eigenvalue weighted by Gasteiger charge is -2.32. The van der Waals surface area contributed by atoms with Crippen molar-refractivity contribution in [1.82, 2.24) is 36.8 Å². The zero-order chi connectivity index (χ0) is 42.7. The van der Waals surface area contributed by atoms with Crippen LogP contribution in [0.15, 0.2) is 0 Å². The van der Waals surface area contributed by atoms with Gasteiger partial charge in [-0.25, -0.2) is 0 Å². The molecule has 1 aliphatic rings. The van der Waals surface area contributed by atoms with Crippen molar-refractivity contribution in [3.8, 4) is 0 Å². The SMILES string of the molecule is CCCC(NC(=O)[C@@H]1CCCN1C(=O)[C@@H](NC(=O)[C@H](CCO)NC(=O)[C@H](CCC(=O)O)NC(=O)[C@H](CCC(=O)O)NC(C)=O)C(C)C)C(=O)C(=O)NCC(=O)O. The molecular formula is C34H53N7O15. The topological polar surface area (TPSA) is 344 Å². The molecule has 0 aromatic carbocycles. The molecule has 1 aliphatic heterocycles. The average Bonchev–Trinajstić information content (AvgIpc) is 3.61. The summed E-state index contributed by atoms with van der Waals surface area (Å²) in [7, 11) is 0. The lowest BCUT2D eigenvalue weighted by Crippen LogP contribution is -2.60. The number of carboxylic acid groups (broad SMARTS) is 3. The molecule has 6 atom stereocenters. The van der Waals surface area contributed by atoms with E-state index in [1.807, 2.05) is 5.32 Å². The molecule has 0 aromatic rings. The van der Waals surface area contributed by atoms with Crippen molar-refractivity contribution in [3.63, 3.8) is 0 Å². The van der Waals surface area contributed by atoms with E-state index in [4.69, 9.17) is 10.2 Å². The number of carboxylic acids is 3. The normalized spacial score (nSPS) is 16.2. The number of amides is 7. The Labute approximate surface area is 322 Å². The van der Waals surface area contributed by atoms with E-state index in [0.717, 1.165) is 6.92 Å². The molecule has 314 valence electrons. The quantitative estimate of drug-likeness (QED) is 0.0406. The Balaban J connectivity index is 3.21. The van der Waals surface area contributed by atoms with Crippen LogP contribution >= 0.6 is 0 Å². The number of likely N-dealkylation sites (tertiary alicyclic amines) is 1. The molecule has 22 heteroatoms. The standard InChI is InChI=1S/C34H53N7O15/c1-5-7-19(28(50)33(55)35-16-26(48)49)37-32(54)23-8-6-14-41(23)34(56)27(17(2)3)40-31(53)22(13-15-42)39-30(52)21(10-12-25(46)47)38-29(51)20(36-18(4)43)9-11-24(44)45/h17,19-23,27,42H,5-16H2,1-4H3,(H,35,55)(H,36,43)(H,37,54)(H,38,51)(H,39,52)(H,40,53)(H,44,45)(H,46,47)(H,48,49)/t19?,20-,21-,22-,23-,27-/m0/s1. The van der Waals surface area contributed by atoms with Gasteiger partial charge in [-0.05, 0) is 44.4 Å². The number of Topliss-reactive ketones (excluding diaryl/α,β-unsaturated/α-hetero) is 1. The first-order valence-corrected chi connectivity index (χ1v) is 18.1. The fourth-order valence-electron chi connectivity index (χ4n) is 5.74. The van der Waals surface area contributed by atoms with Crippen LogP contribution in [0.1, 0.15) is 85.5 Å².